The highest BCUT2D eigenvalue weighted by Crippen LogP contribution is 2.23. The van der Waals surface area contributed by atoms with E-state index in [0.717, 1.165) is 31.8 Å². The largest absolute Gasteiger partial charge is 0.313 e. The van der Waals surface area contributed by atoms with Crippen molar-refractivity contribution in [2.45, 2.75) is 50.9 Å². The molecule has 21 heavy (non-hydrogen) atoms. The maximum absolute atomic E-state index is 4.60. The lowest BCUT2D eigenvalue weighted by Crippen LogP contribution is -2.11. The molecule has 0 fully saturated rings. The Morgan fingerprint density at radius 2 is 1.90 bits per heavy atom. The van der Waals surface area contributed by atoms with Crippen LogP contribution in [-0.4, -0.2) is 16.3 Å². The summed E-state index contributed by atoms with van der Waals surface area (Å²) >= 11 is 1.88. The zero-order chi connectivity index (χ0) is 15.1. The molecule has 2 aromatic rings. The number of thioether (sulfide) groups is 1. The third kappa shape index (κ3) is 4.61. The van der Waals surface area contributed by atoms with Crippen LogP contribution >= 0.6 is 11.8 Å². The Balaban J connectivity index is 1.94. The van der Waals surface area contributed by atoms with Crippen molar-refractivity contribution < 1.29 is 0 Å². The zero-order valence-corrected chi connectivity index (χ0v) is 14.0. The summed E-state index contributed by atoms with van der Waals surface area (Å²) in [5, 5.41) is 7.95. The Kier molecular flexibility index (Phi) is 6.33. The van der Waals surface area contributed by atoms with Gasteiger partial charge < -0.3 is 5.32 Å². The van der Waals surface area contributed by atoms with Crippen molar-refractivity contribution in [2.24, 2.45) is 0 Å². The van der Waals surface area contributed by atoms with Gasteiger partial charge in [-0.2, -0.15) is 5.10 Å². The summed E-state index contributed by atoms with van der Waals surface area (Å²) in [7, 11) is 0. The molecule has 1 aromatic heterocycles. The molecule has 114 valence electrons. The van der Waals surface area contributed by atoms with E-state index in [1.807, 2.05) is 11.8 Å². The van der Waals surface area contributed by atoms with E-state index in [-0.39, 0.29) is 0 Å². The molecule has 0 bridgehead atoms. The number of aromatic nitrogens is 2. The molecule has 0 unspecified atom stereocenters. The van der Waals surface area contributed by atoms with Crippen LogP contribution in [0, 0.1) is 0 Å². The van der Waals surface area contributed by atoms with Crippen LogP contribution in [0.4, 0.5) is 0 Å². The van der Waals surface area contributed by atoms with Gasteiger partial charge in [0.1, 0.15) is 0 Å². The minimum atomic E-state index is 0.942. The first-order valence-corrected chi connectivity index (χ1v) is 8.73. The lowest BCUT2D eigenvalue weighted by Gasteiger charge is -2.06. The molecule has 0 radical (unpaired) electrons. The van der Waals surface area contributed by atoms with E-state index < -0.39 is 0 Å². The first-order valence-electron chi connectivity index (χ1n) is 7.74. The molecule has 0 atom stereocenters. The lowest BCUT2D eigenvalue weighted by atomic mass is 10.2. The van der Waals surface area contributed by atoms with E-state index in [1.54, 1.807) is 0 Å². The first kappa shape index (κ1) is 16.1. The van der Waals surface area contributed by atoms with Crippen molar-refractivity contribution in [3.63, 3.8) is 0 Å². The predicted molar refractivity (Wildman–Crippen MR) is 90.7 cm³/mol. The second-order valence-corrected chi connectivity index (χ2v) is 6.06. The highest BCUT2D eigenvalue weighted by molar-refractivity contribution is 7.98. The average molecular weight is 303 g/mol. The molecule has 0 aliphatic carbocycles. The summed E-state index contributed by atoms with van der Waals surface area (Å²) in [6.45, 7) is 9.34. The molecular weight excluding hydrogens is 278 g/mol. The van der Waals surface area contributed by atoms with Crippen LogP contribution < -0.4 is 5.32 Å². The highest BCUT2D eigenvalue weighted by atomic mass is 32.2. The van der Waals surface area contributed by atoms with E-state index in [9.17, 15) is 0 Å². The summed E-state index contributed by atoms with van der Waals surface area (Å²) in [4.78, 5) is 1.32. The number of nitrogens with one attached hydrogen (secondary N) is 1. The number of hydrogen-bond acceptors (Lipinski definition) is 3. The van der Waals surface area contributed by atoms with Gasteiger partial charge in [-0.05, 0) is 43.7 Å². The molecule has 0 aliphatic heterocycles. The van der Waals surface area contributed by atoms with Gasteiger partial charge in [-0.1, -0.05) is 26.0 Å². The minimum absolute atomic E-state index is 0.942. The maximum atomic E-state index is 4.60. The number of hydrogen-bond donors (Lipinski definition) is 1. The fourth-order valence-electron chi connectivity index (χ4n) is 2.21. The van der Waals surface area contributed by atoms with E-state index >= 15 is 0 Å². The van der Waals surface area contributed by atoms with Crippen LogP contribution in [0.3, 0.4) is 0 Å². The van der Waals surface area contributed by atoms with Crippen LogP contribution in [0.5, 0.6) is 0 Å². The van der Waals surface area contributed by atoms with E-state index in [2.05, 4.69) is 66.2 Å². The van der Waals surface area contributed by atoms with Gasteiger partial charge in [0.25, 0.3) is 0 Å². The van der Waals surface area contributed by atoms with Gasteiger partial charge in [-0.3, -0.25) is 4.68 Å². The monoisotopic (exact) mass is 303 g/mol. The molecular formula is C17H25N3S. The maximum Gasteiger partial charge on any atom is 0.0625 e. The highest BCUT2D eigenvalue weighted by Gasteiger charge is 2.06. The van der Waals surface area contributed by atoms with Gasteiger partial charge in [-0.25, -0.2) is 0 Å². The van der Waals surface area contributed by atoms with Gasteiger partial charge in [-0.15, -0.1) is 11.8 Å². The molecule has 0 spiro atoms. The van der Waals surface area contributed by atoms with Gasteiger partial charge in [0.15, 0.2) is 0 Å². The number of nitrogens with zero attached hydrogens (tertiary/aromatic N) is 2. The smallest absolute Gasteiger partial charge is 0.0625 e. The van der Waals surface area contributed by atoms with Crippen molar-refractivity contribution in [2.75, 3.05) is 6.54 Å². The number of aryl methyl sites for hydroxylation is 2. The van der Waals surface area contributed by atoms with Gasteiger partial charge >= 0.3 is 0 Å². The summed E-state index contributed by atoms with van der Waals surface area (Å²) in [6, 6.07) is 11.1. The van der Waals surface area contributed by atoms with Crippen LogP contribution in [0.1, 0.15) is 37.7 Å². The Labute approximate surface area is 132 Å². The quantitative estimate of drug-likeness (QED) is 0.751. The third-order valence-corrected chi connectivity index (χ3v) is 4.51. The molecule has 0 amide bonds. The minimum Gasteiger partial charge on any atom is -0.313 e. The van der Waals surface area contributed by atoms with Gasteiger partial charge in [0.05, 0.1) is 5.69 Å². The van der Waals surface area contributed by atoms with Crippen LogP contribution in [-0.2, 0) is 25.3 Å². The molecule has 0 saturated heterocycles. The average Bonchev–Trinajstić information content (AvgIpc) is 2.94. The van der Waals surface area contributed by atoms with E-state index in [1.165, 1.54) is 21.8 Å². The summed E-state index contributed by atoms with van der Waals surface area (Å²) in [5.74, 6) is 0.980. The van der Waals surface area contributed by atoms with Crippen molar-refractivity contribution in [3.05, 3.63) is 47.3 Å². The Hall–Kier alpha value is -1.26. The third-order valence-electron chi connectivity index (χ3n) is 3.46. The molecule has 4 heteroatoms. The zero-order valence-electron chi connectivity index (χ0n) is 13.2. The lowest BCUT2D eigenvalue weighted by molar-refractivity contribution is 0.628. The molecule has 0 saturated carbocycles. The van der Waals surface area contributed by atoms with Crippen molar-refractivity contribution in [3.8, 4) is 0 Å². The van der Waals surface area contributed by atoms with E-state index in [0.29, 0.717) is 0 Å². The summed E-state index contributed by atoms with van der Waals surface area (Å²) in [6.07, 6.45) is 1.00. The summed E-state index contributed by atoms with van der Waals surface area (Å²) in [5.41, 5.74) is 3.84. The van der Waals surface area contributed by atoms with E-state index in [4.69, 9.17) is 0 Å². The molecule has 1 heterocycles. The molecule has 0 aliphatic rings. The second-order valence-electron chi connectivity index (χ2n) is 5.01. The SMILES string of the molecule is CCNCc1ccc(SCc2cc(CC)nn2CC)cc1. The van der Waals surface area contributed by atoms with Crippen molar-refractivity contribution in [1.82, 2.24) is 15.1 Å². The summed E-state index contributed by atoms with van der Waals surface area (Å²) < 4.78 is 2.12. The van der Waals surface area contributed by atoms with Crippen LogP contribution in [0.2, 0.25) is 0 Å². The van der Waals surface area contributed by atoms with Crippen molar-refractivity contribution >= 4 is 11.8 Å². The van der Waals surface area contributed by atoms with Gasteiger partial charge in [0, 0.05) is 29.4 Å². The predicted octanol–water partition coefficient (Wildman–Crippen LogP) is 3.87. The fraction of sp³-hybridized carbons (Fsp3) is 0.471. The Bertz CT molecular complexity index is 546. The van der Waals surface area contributed by atoms with Crippen LogP contribution in [0.15, 0.2) is 35.2 Å². The molecule has 2 rings (SSSR count). The number of benzene rings is 1. The fourth-order valence-corrected chi connectivity index (χ4v) is 3.08. The number of rotatable bonds is 8. The Morgan fingerprint density at radius 3 is 2.52 bits per heavy atom. The topological polar surface area (TPSA) is 29.9 Å². The second kappa shape index (κ2) is 8.25. The molecule has 3 nitrogen and oxygen atoms in total. The Morgan fingerprint density at radius 1 is 1.14 bits per heavy atom. The molecule has 1 aromatic carbocycles. The first-order chi connectivity index (χ1) is 10.3. The molecule has 1 N–H and O–H groups in total. The van der Waals surface area contributed by atoms with Crippen molar-refractivity contribution in [1.29, 1.82) is 0 Å². The normalized spacial score (nSPS) is 11.0. The van der Waals surface area contributed by atoms with Crippen LogP contribution in [0.25, 0.3) is 0 Å². The van der Waals surface area contributed by atoms with Gasteiger partial charge in [0.2, 0.25) is 0 Å². The standard InChI is InChI=1S/C17H25N3S/c1-4-15-11-16(20(6-3)19-15)13-21-17-9-7-14(8-10-17)12-18-5-2/h7-11,18H,4-6,12-13H2,1-3H3.